The van der Waals surface area contributed by atoms with Crippen molar-refractivity contribution < 1.29 is 4.79 Å². The molecule has 3 rings (SSSR count). The van der Waals surface area contributed by atoms with Crippen LogP contribution in [0.1, 0.15) is 50.7 Å². The van der Waals surface area contributed by atoms with E-state index < -0.39 is 0 Å². The van der Waals surface area contributed by atoms with Gasteiger partial charge in [-0.15, -0.1) is 0 Å². The van der Waals surface area contributed by atoms with E-state index >= 15 is 0 Å². The van der Waals surface area contributed by atoms with Crippen LogP contribution in [0.2, 0.25) is 0 Å². The zero-order valence-electron chi connectivity index (χ0n) is 12.2. The molecule has 0 heterocycles. The lowest BCUT2D eigenvalue weighted by Gasteiger charge is -2.19. The van der Waals surface area contributed by atoms with Gasteiger partial charge in [-0.2, -0.15) is 0 Å². The van der Waals surface area contributed by atoms with Gasteiger partial charge in [0.25, 0.3) is 0 Å². The van der Waals surface area contributed by atoms with Gasteiger partial charge in [0.05, 0.1) is 0 Å². The normalized spacial score (nSPS) is 16.8. The Kier molecular flexibility index (Phi) is 3.43. The summed E-state index contributed by atoms with van der Waals surface area (Å²) in [5.74, 6) is 0.254. The van der Waals surface area contributed by atoms with E-state index in [1.807, 2.05) is 12.1 Å². The number of hydrogen-bond acceptors (Lipinski definition) is 1. The van der Waals surface area contributed by atoms with Crippen molar-refractivity contribution >= 4 is 17.4 Å². The number of fused-ring (bicyclic) bond motifs is 3. The molecule has 0 aliphatic heterocycles. The molecular weight excluding hydrogens is 244 g/mol. The maximum absolute atomic E-state index is 12.8. The third-order valence-electron chi connectivity index (χ3n) is 4.09. The molecule has 102 valence electrons. The highest BCUT2D eigenvalue weighted by molar-refractivity contribution is 6.26. The molecule has 0 amide bonds. The fraction of sp³-hybridized carbons (Fsp3) is 0.316. The number of carbonyl (C=O) groups is 1. The highest BCUT2D eigenvalue weighted by atomic mass is 16.1. The van der Waals surface area contributed by atoms with Gasteiger partial charge in [-0.25, -0.2) is 0 Å². The summed E-state index contributed by atoms with van der Waals surface area (Å²) in [6.07, 6.45) is 8.32. The van der Waals surface area contributed by atoms with Crippen molar-refractivity contribution in [3.63, 3.8) is 0 Å². The average Bonchev–Trinajstić information content (AvgIpc) is 2.83. The van der Waals surface area contributed by atoms with Gasteiger partial charge < -0.3 is 0 Å². The lowest BCUT2D eigenvalue weighted by molar-refractivity contribution is -0.112. The molecule has 0 bridgehead atoms. The summed E-state index contributed by atoms with van der Waals surface area (Å²) in [4.78, 5) is 12.8. The number of allylic oxidation sites excluding steroid dienone is 5. The third-order valence-corrected chi connectivity index (χ3v) is 4.09. The Bertz CT molecular complexity index is 656. The Morgan fingerprint density at radius 2 is 1.65 bits per heavy atom. The van der Waals surface area contributed by atoms with Crippen LogP contribution in [0.3, 0.4) is 0 Å². The van der Waals surface area contributed by atoms with Gasteiger partial charge in [-0.3, -0.25) is 4.79 Å². The van der Waals surface area contributed by atoms with Crippen LogP contribution >= 0.6 is 0 Å². The summed E-state index contributed by atoms with van der Waals surface area (Å²) < 4.78 is 0. The lowest BCUT2D eigenvalue weighted by Crippen LogP contribution is -2.13. The number of rotatable bonds is 4. The van der Waals surface area contributed by atoms with Crippen molar-refractivity contribution in [2.45, 2.75) is 39.5 Å². The van der Waals surface area contributed by atoms with Crippen molar-refractivity contribution in [2.75, 3.05) is 0 Å². The average molecular weight is 264 g/mol. The second kappa shape index (κ2) is 5.24. The number of benzene rings is 1. The quantitative estimate of drug-likeness (QED) is 0.752. The summed E-state index contributed by atoms with van der Waals surface area (Å²) in [5, 5.41) is 0. The Morgan fingerprint density at radius 3 is 2.40 bits per heavy atom. The summed E-state index contributed by atoms with van der Waals surface area (Å²) in [7, 11) is 0. The molecule has 1 nitrogen and oxygen atoms in total. The number of hydrogen-bond donors (Lipinski definition) is 0. The van der Waals surface area contributed by atoms with Crippen LogP contribution in [-0.2, 0) is 4.79 Å². The molecule has 0 aromatic heterocycles. The maximum atomic E-state index is 12.8. The topological polar surface area (TPSA) is 17.1 Å². The molecule has 20 heavy (non-hydrogen) atoms. The summed E-state index contributed by atoms with van der Waals surface area (Å²) in [6, 6.07) is 8.29. The van der Waals surface area contributed by atoms with Gasteiger partial charge >= 0.3 is 0 Å². The Balaban J connectivity index is 2.13. The largest absolute Gasteiger partial charge is 0.289 e. The van der Waals surface area contributed by atoms with Gasteiger partial charge in [-0.05, 0) is 47.3 Å². The summed E-state index contributed by atoms with van der Waals surface area (Å²) in [5.41, 5.74) is 6.71. The van der Waals surface area contributed by atoms with Gasteiger partial charge in [-0.1, -0.05) is 51.0 Å². The molecule has 0 N–H and O–H groups in total. The van der Waals surface area contributed by atoms with E-state index in [0.717, 1.165) is 42.4 Å². The molecule has 2 aliphatic carbocycles. The Labute approximate surface area is 120 Å². The van der Waals surface area contributed by atoms with E-state index in [-0.39, 0.29) is 5.78 Å². The van der Waals surface area contributed by atoms with Crippen LogP contribution in [-0.4, -0.2) is 5.78 Å². The predicted molar refractivity (Wildman–Crippen MR) is 84.2 cm³/mol. The van der Waals surface area contributed by atoms with Crippen LogP contribution < -0.4 is 0 Å². The molecule has 1 aromatic rings. The van der Waals surface area contributed by atoms with Gasteiger partial charge in [0, 0.05) is 11.1 Å². The summed E-state index contributed by atoms with van der Waals surface area (Å²) in [6.45, 7) is 4.31. The van der Waals surface area contributed by atoms with E-state index in [1.165, 1.54) is 16.7 Å². The first-order valence-corrected chi connectivity index (χ1v) is 7.56. The highest BCUT2D eigenvalue weighted by Crippen LogP contribution is 2.42. The van der Waals surface area contributed by atoms with E-state index in [9.17, 15) is 4.79 Å². The molecule has 0 saturated carbocycles. The molecule has 2 aliphatic rings. The molecule has 1 aromatic carbocycles. The van der Waals surface area contributed by atoms with E-state index in [0.29, 0.717) is 0 Å². The van der Waals surface area contributed by atoms with Crippen LogP contribution in [0.25, 0.3) is 11.6 Å². The number of Topliss-reactive ketones (excluding diaryl/α,β-unsaturated/α-hetero) is 1. The zero-order chi connectivity index (χ0) is 14.1. The van der Waals surface area contributed by atoms with E-state index in [4.69, 9.17) is 0 Å². The van der Waals surface area contributed by atoms with Crippen molar-refractivity contribution in [3.8, 4) is 0 Å². The Hall–Kier alpha value is -1.89. The first kappa shape index (κ1) is 13.1. The van der Waals surface area contributed by atoms with Crippen molar-refractivity contribution in [3.05, 3.63) is 58.2 Å². The highest BCUT2D eigenvalue weighted by Gasteiger charge is 2.30. The fourth-order valence-corrected chi connectivity index (χ4v) is 3.18. The van der Waals surface area contributed by atoms with Crippen LogP contribution in [0.15, 0.2) is 47.1 Å². The van der Waals surface area contributed by atoms with Gasteiger partial charge in [0.15, 0.2) is 5.78 Å². The van der Waals surface area contributed by atoms with Crippen LogP contribution in [0.4, 0.5) is 0 Å². The van der Waals surface area contributed by atoms with Gasteiger partial charge in [0.2, 0.25) is 0 Å². The van der Waals surface area contributed by atoms with E-state index in [2.05, 4.69) is 38.1 Å². The van der Waals surface area contributed by atoms with Crippen LogP contribution in [0.5, 0.6) is 0 Å². The zero-order valence-corrected chi connectivity index (χ0v) is 12.2. The standard InChI is InChI=1S/C19H20O/c1-3-7-13-11-17-15-10-6-5-9-14(15)12-18(17)19(20)16(13)8-4-2/h5-6,9-12H,3-4,7-8H2,1-2H3. The minimum atomic E-state index is 0.254. The lowest BCUT2D eigenvalue weighted by atomic mass is 9.83. The molecule has 0 atom stereocenters. The molecule has 1 heteroatoms. The Morgan fingerprint density at radius 1 is 0.900 bits per heavy atom. The van der Waals surface area contributed by atoms with Crippen molar-refractivity contribution in [2.24, 2.45) is 0 Å². The molecular formula is C19H20O. The number of carbonyl (C=O) groups excluding carboxylic acids is 1. The SMILES string of the molecule is CCCC1=C(CCC)C(=O)C2=Cc3ccccc3C2=C1. The monoisotopic (exact) mass is 264 g/mol. The molecule has 0 radical (unpaired) electrons. The first-order chi connectivity index (χ1) is 9.76. The summed E-state index contributed by atoms with van der Waals surface area (Å²) >= 11 is 0. The third kappa shape index (κ3) is 1.98. The van der Waals surface area contributed by atoms with Gasteiger partial charge in [0.1, 0.15) is 0 Å². The number of ketones is 1. The second-order valence-corrected chi connectivity index (χ2v) is 5.54. The smallest absolute Gasteiger partial charge is 0.189 e. The first-order valence-electron chi connectivity index (χ1n) is 7.56. The molecule has 0 spiro atoms. The minimum Gasteiger partial charge on any atom is -0.289 e. The van der Waals surface area contributed by atoms with Crippen LogP contribution in [0, 0.1) is 0 Å². The molecule has 0 unspecified atom stereocenters. The van der Waals surface area contributed by atoms with Crippen molar-refractivity contribution in [1.82, 2.24) is 0 Å². The minimum absolute atomic E-state index is 0.254. The molecule has 0 saturated heterocycles. The maximum Gasteiger partial charge on any atom is 0.189 e. The fourth-order valence-electron chi connectivity index (χ4n) is 3.18. The second-order valence-electron chi connectivity index (χ2n) is 5.54. The van der Waals surface area contributed by atoms with E-state index in [1.54, 1.807) is 0 Å². The predicted octanol–water partition coefficient (Wildman–Crippen LogP) is 4.95. The molecule has 0 fully saturated rings. The van der Waals surface area contributed by atoms with Crippen molar-refractivity contribution in [1.29, 1.82) is 0 Å².